The van der Waals surface area contributed by atoms with Gasteiger partial charge in [0.25, 0.3) is 0 Å². The molecule has 0 aliphatic carbocycles. The van der Waals surface area contributed by atoms with Gasteiger partial charge in [-0.15, -0.1) is 0 Å². The normalized spacial score (nSPS) is 9.93. The van der Waals surface area contributed by atoms with Crippen LogP contribution in [0.25, 0.3) is 0 Å². The highest BCUT2D eigenvalue weighted by atomic mass is 35.5. The average Bonchev–Trinajstić information content (AvgIpc) is 2.20. The number of hydrogen-bond donors (Lipinski definition) is 2. The third-order valence-electron chi connectivity index (χ3n) is 1.79. The van der Waals surface area contributed by atoms with Gasteiger partial charge in [0, 0.05) is 0 Å². The molecule has 0 amide bonds. The fourth-order valence-electron chi connectivity index (χ4n) is 1.09. The number of carbonyl (C=O) groups is 1. The first-order valence-electron chi connectivity index (χ1n) is 3.91. The Morgan fingerprint density at radius 3 is 2.60 bits per heavy atom. The zero-order valence-corrected chi connectivity index (χ0v) is 8.45. The van der Waals surface area contributed by atoms with Crippen LogP contribution >= 0.6 is 11.6 Å². The molecule has 1 aromatic carbocycles. The topological polar surface area (TPSA) is 66.8 Å². The maximum absolute atomic E-state index is 13.4. The van der Waals surface area contributed by atoms with Gasteiger partial charge in [-0.05, 0) is 11.5 Å². The second-order valence-corrected chi connectivity index (χ2v) is 3.10. The van der Waals surface area contributed by atoms with Gasteiger partial charge in [0.1, 0.15) is 0 Å². The zero-order chi connectivity index (χ0) is 11.6. The van der Waals surface area contributed by atoms with Gasteiger partial charge in [0.2, 0.25) is 0 Å². The second-order valence-electron chi connectivity index (χ2n) is 2.69. The van der Waals surface area contributed by atoms with Crippen LogP contribution in [0.3, 0.4) is 0 Å². The van der Waals surface area contributed by atoms with E-state index in [-0.39, 0.29) is 10.5 Å². The molecule has 0 unspecified atom stereocenters. The van der Waals surface area contributed by atoms with Gasteiger partial charge in [-0.1, -0.05) is 17.7 Å². The van der Waals surface area contributed by atoms with Crippen molar-refractivity contribution in [3.05, 3.63) is 28.5 Å². The van der Waals surface area contributed by atoms with E-state index in [2.05, 4.69) is 4.74 Å². The lowest BCUT2D eigenvalue weighted by Gasteiger charge is -2.08. The molecule has 0 aromatic heterocycles. The zero-order valence-electron chi connectivity index (χ0n) is 7.70. The minimum absolute atomic E-state index is 0.288. The standard InChI is InChI=1S/C8H7BClFO4/c1-15-8(12)6-4(9(13)14)2-3-5(10)7(6)11/h2-3,13-14H,1H3. The van der Waals surface area contributed by atoms with Crippen molar-refractivity contribution >= 4 is 30.2 Å². The number of ether oxygens (including phenoxy) is 1. The molecule has 0 fully saturated rings. The number of methoxy groups -OCH3 is 1. The van der Waals surface area contributed by atoms with Crippen molar-refractivity contribution in [2.45, 2.75) is 0 Å². The summed E-state index contributed by atoms with van der Waals surface area (Å²) in [5.41, 5.74) is -0.858. The summed E-state index contributed by atoms with van der Waals surface area (Å²) < 4.78 is 17.7. The minimum Gasteiger partial charge on any atom is -0.465 e. The molecule has 0 spiro atoms. The fraction of sp³-hybridized carbons (Fsp3) is 0.125. The van der Waals surface area contributed by atoms with E-state index in [0.717, 1.165) is 19.2 Å². The highest BCUT2D eigenvalue weighted by molar-refractivity contribution is 6.60. The summed E-state index contributed by atoms with van der Waals surface area (Å²) >= 11 is 5.45. The van der Waals surface area contributed by atoms with Gasteiger partial charge in [-0.25, -0.2) is 9.18 Å². The average molecular weight is 232 g/mol. The van der Waals surface area contributed by atoms with Gasteiger partial charge >= 0.3 is 13.1 Å². The lowest BCUT2D eigenvalue weighted by atomic mass is 9.77. The highest BCUT2D eigenvalue weighted by Crippen LogP contribution is 2.17. The monoisotopic (exact) mass is 232 g/mol. The van der Waals surface area contributed by atoms with E-state index in [9.17, 15) is 9.18 Å². The Kier molecular flexibility index (Phi) is 3.68. The number of benzene rings is 1. The molecule has 1 rings (SSSR count). The van der Waals surface area contributed by atoms with Crippen LogP contribution in [0.15, 0.2) is 12.1 Å². The minimum atomic E-state index is -1.97. The number of halogens is 2. The molecule has 0 saturated heterocycles. The Balaban J connectivity index is 3.41. The van der Waals surface area contributed by atoms with E-state index < -0.39 is 24.5 Å². The Morgan fingerprint density at radius 2 is 2.13 bits per heavy atom. The smallest absolute Gasteiger partial charge is 0.465 e. The predicted octanol–water partition coefficient (Wildman–Crippen LogP) is -0.0545. The van der Waals surface area contributed by atoms with Crippen molar-refractivity contribution in [1.29, 1.82) is 0 Å². The maximum atomic E-state index is 13.4. The second kappa shape index (κ2) is 4.61. The molecular formula is C8H7BClFO4. The van der Waals surface area contributed by atoms with E-state index in [1.165, 1.54) is 0 Å². The largest absolute Gasteiger partial charge is 0.489 e. The Morgan fingerprint density at radius 1 is 1.53 bits per heavy atom. The number of hydrogen-bond acceptors (Lipinski definition) is 4. The van der Waals surface area contributed by atoms with Crippen molar-refractivity contribution in [2.75, 3.05) is 7.11 Å². The first-order valence-corrected chi connectivity index (χ1v) is 4.29. The maximum Gasteiger partial charge on any atom is 0.489 e. The SMILES string of the molecule is COC(=O)c1c(B(O)O)ccc(Cl)c1F. The van der Waals surface area contributed by atoms with Crippen LogP contribution in [0.5, 0.6) is 0 Å². The summed E-state index contributed by atoms with van der Waals surface area (Å²) in [5, 5.41) is 17.5. The van der Waals surface area contributed by atoms with Crippen LogP contribution in [0, 0.1) is 5.82 Å². The van der Waals surface area contributed by atoms with E-state index in [4.69, 9.17) is 21.6 Å². The molecular weight excluding hydrogens is 225 g/mol. The van der Waals surface area contributed by atoms with Gasteiger partial charge in [0.15, 0.2) is 5.82 Å². The molecule has 0 aliphatic heterocycles. The molecule has 2 N–H and O–H groups in total. The van der Waals surface area contributed by atoms with Gasteiger partial charge in [-0.3, -0.25) is 0 Å². The van der Waals surface area contributed by atoms with Gasteiger partial charge in [-0.2, -0.15) is 0 Å². The molecule has 15 heavy (non-hydrogen) atoms. The van der Waals surface area contributed by atoms with Crippen molar-refractivity contribution in [2.24, 2.45) is 0 Å². The first-order chi connectivity index (χ1) is 6.99. The van der Waals surface area contributed by atoms with E-state index in [1.54, 1.807) is 0 Å². The molecule has 0 atom stereocenters. The van der Waals surface area contributed by atoms with Crippen molar-refractivity contribution in [1.82, 2.24) is 0 Å². The summed E-state index contributed by atoms with van der Waals surface area (Å²) in [6, 6.07) is 2.26. The molecule has 0 heterocycles. The van der Waals surface area contributed by atoms with Crippen molar-refractivity contribution in [3.8, 4) is 0 Å². The lowest BCUT2D eigenvalue weighted by Crippen LogP contribution is -2.36. The molecule has 0 saturated carbocycles. The van der Waals surface area contributed by atoms with Crippen LogP contribution in [0.1, 0.15) is 10.4 Å². The summed E-state index contributed by atoms with van der Waals surface area (Å²) in [6.07, 6.45) is 0. The Hall–Kier alpha value is -1.11. The summed E-state index contributed by atoms with van der Waals surface area (Å²) in [4.78, 5) is 11.2. The molecule has 0 bridgehead atoms. The van der Waals surface area contributed by atoms with Gasteiger partial charge < -0.3 is 14.8 Å². The van der Waals surface area contributed by atoms with E-state index in [1.807, 2.05) is 0 Å². The summed E-state index contributed by atoms with van der Waals surface area (Å²) in [6.45, 7) is 0. The predicted molar refractivity (Wildman–Crippen MR) is 52.6 cm³/mol. The Labute approximate surface area is 90.4 Å². The van der Waals surface area contributed by atoms with Crippen LogP contribution < -0.4 is 5.46 Å². The molecule has 4 nitrogen and oxygen atoms in total. The summed E-state index contributed by atoms with van der Waals surface area (Å²) in [5.74, 6) is -2.05. The quantitative estimate of drug-likeness (QED) is 0.554. The summed E-state index contributed by atoms with van der Waals surface area (Å²) in [7, 11) is -0.915. The number of rotatable bonds is 2. The van der Waals surface area contributed by atoms with Crippen LogP contribution in [0.2, 0.25) is 5.02 Å². The molecule has 7 heteroatoms. The van der Waals surface area contributed by atoms with Crippen LogP contribution in [-0.2, 0) is 4.74 Å². The molecule has 80 valence electrons. The third-order valence-corrected chi connectivity index (χ3v) is 2.09. The van der Waals surface area contributed by atoms with E-state index >= 15 is 0 Å². The van der Waals surface area contributed by atoms with Crippen molar-refractivity contribution in [3.63, 3.8) is 0 Å². The van der Waals surface area contributed by atoms with Crippen LogP contribution in [0.4, 0.5) is 4.39 Å². The number of esters is 1. The van der Waals surface area contributed by atoms with Crippen molar-refractivity contribution < 1.29 is 24.0 Å². The molecule has 0 radical (unpaired) electrons. The molecule has 1 aromatic rings. The van der Waals surface area contributed by atoms with Crippen LogP contribution in [-0.4, -0.2) is 30.2 Å². The van der Waals surface area contributed by atoms with E-state index in [0.29, 0.717) is 0 Å². The lowest BCUT2D eigenvalue weighted by molar-refractivity contribution is 0.0596. The highest BCUT2D eigenvalue weighted by Gasteiger charge is 2.26. The van der Waals surface area contributed by atoms with Gasteiger partial charge in [0.05, 0.1) is 17.7 Å². The fourth-order valence-corrected chi connectivity index (χ4v) is 1.25. The number of carbonyl (C=O) groups excluding carboxylic acids is 1. The molecule has 0 aliphatic rings. The first kappa shape index (κ1) is 12.0. The Bertz CT molecular complexity index is 396. The third kappa shape index (κ3) is 2.28.